The van der Waals surface area contributed by atoms with E-state index < -0.39 is 35.5 Å². The summed E-state index contributed by atoms with van der Waals surface area (Å²) in [4.78, 5) is 38.1. The van der Waals surface area contributed by atoms with Gasteiger partial charge in [0, 0.05) is 10.8 Å². The van der Waals surface area contributed by atoms with Gasteiger partial charge in [-0.05, 0) is 39.1 Å². The molecule has 4 rings (SSSR count). The lowest BCUT2D eigenvalue weighted by Gasteiger charge is -2.31. The topological polar surface area (TPSA) is 105 Å². The molecule has 0 aliphatic heterocycles. The summed E-state index contributed by atoms with van der Waals surface area (Å²) in [6.07, 6.45) is -0.732. The van der Waals surface area contributed by atoms with Crippen molar-refractivity contribution in [2.24, 2.45) is 5.41 Å². The minimum atomic E-state index is -1.20. The van der Waals surface area contributed by atoms with Crippen LogP contribution in [0.3, 0.4) is 0 Å². The van der Waals surface area contributed by atoms with Crippen LogP contribution in [0.4, 0.5) is 4.79 Å². The van der Waals surface area contributed by atoms with Crippen LogP contribution in [0.25, 0.3) is 11.1 Å². The Hall–Kier alpha value is -3.65. The van der Waals surface area contributed by atoms with Crippen LogP contribution >= 0.6 is 11.3 Å². The molecule has 0 fully saturated rings. The number of hydrogen-bond donors (Lipinski definition) is 3. The van der Waals surface area contributed by atoms with E-state index in [0.29, 0.717) is 4.88 Å². The molecule has 2 amide bonds. The van der Waals surface area contributed by atoms with Gasteiger partial charge in [0.15, 0.2) is 6.04 Å². The second kappa shape index (κ2) is 9.92. The molecule has 182 valence electrons. The molecular weight excluding hydrogens is 464 g/mol. The summed E-state index contributed by atoms with van der Waals surface area (Å²) in [7, 11) is 0. The van der Waals surface area contributed by atoms with Crippen LogP contribution in [-0.2, 0) is 14.3 Å². The van der Waals surface area contributed by atoms with Crippen LogP contribution in [-0.4, -0.2) is 35.7 Å². The van der Waals surface area contributed by atoms with E-state index in [1.165, 1.54) is 11.3 Å². The second-order valence-corrected chi connectivity index (χ2v) is 10.5. The Kier molecular flexibility index (Phi) is 6.93. The number of fused-ring (bicyclic) bond motifs is 3. The average Bonchev–Trinajstić information content (AvgIpc) is 3.45. The zero-order valence-corrected chi connectivity index (χ0v) is 20.6. The quantitative estimate of drug-likeness (QED) is 0.433. The van der Waals surface area contributed by atoms with E-state index >= 15 is 0 Å². The van der Waals surface area contributed by atoms with Crippen molar-refractivity contribution in [3.63, 3.8) is 0 Å². The van der Waals surface area contributed by atoms with E-state index in [2.05, 4.69) is 22.8 Å². The van der Waals surface area contributed by atoms with E-state index in [4.69, 9.17) is 4.74 Å². The number of carbonyl (C=O) groups is 3. The first-order valence-corrected chi connectivity index (χ1v) is 12.2. The number of carboxylic acids is 1. The molecule has 0 saturated carbocycles. The van der Waals surface area contributed by atoms with Gasteiger partial charge in [-0.15, -0.1) is 11.3 Å². The number of rotatable bonds is 7. The Balaban J connectivity index is 1.45. The van der Waals surface area contributed by atoms with E-state index in [1.807, 2.05) is 36.4 Å². The van der Waals surface area contributed by atoms with E-state index in [0.717, 1.165) is 22.3 Å². The van der Waals surface area contributed by atoms with E-state index in [-0.39, 0.29) is 12.5 Å². The van der Waals surface area contributed by atoms with Crippen molar-refractivity contribution in [3.05, 3.63) is 82.0 Å². The van der Waals surface area contributed by atoms with Crippen molar-refractivity contribution in [2.45, 2.75) is 38.8 Å². The zero-order chi connectivity index (χ0) is 25.2. The van der Waals surface area contributed by atoms with Gasteiger partial charge < -0.3 is 20.5 Å². The molecule has 3 N–H and O–H groups in total. The molecule has 2 atom stereocenters. The van der Waals surface area contributed by atoms with Crippen molar-refractivity contribution in [1.29, 1.82) is 0 Å². The molecule has 0 bridgehead atoms. The molecule has 2 unspecified atom stereocenters. The van der Waals surface area contributed by atoms with Gasteiger partial charge >= 0.3 is 12.1 Å². The highest BCUT2D eigenvalue weighted by Gasteiger charge is 2.36. The molecule has 1 aromatic heterocycles. The summed E-state index contributed by atoms with van der Waals surface area (Å²) >= 11 is 1.24. The van der Waals surface area contributed by atoms with Gasteiger partial charge in [-0.3, -0.25) is 4.79 Å². The number of amides is 2. The molecule has 0 spiro atoms. The SMILES string of the molecule is CC(C)(C)C(NC(=O)OCC1c2ccccc2-c2ccccc21)C(=O)NC(C(=O)O)c1cccs1. The highest BCUT2D eigenvalue weighted by molar-refractivity contribution is 7.10. The van der Waals surface area contributed by atoms with Crippen molar-refractivity contribution >= 4 is 29.3 Å². The monoisotopic (exact) mass is 492 g/mol. The number of thiophene rings is 1. The Labute approximate surface area is 208 Å². The lowest BCUT2D eigenvalue weighted by molar-refractivity contribution is -0.142. The highest BCUT2D eigenvalue weighted by Crippen LogP contribution is 2.44. The number of aliphatic carboxylic acids is 1. The third-order valence-electron chi connectivity index (χ3n) is 6.10. The molecule has 2 aromatic carbocycles. The maximum atomic E-state index is 13.1. The van der Waals surface area contributed by atoms with Gasteiger partial charge in [-0.25, -0.2) is 9.59 Å². The van der Waals surface area contributed by atoms with E-state index in [1.54, 1.807) is 38.3 Å². The standard InChI is InChI=1S/C27H28N2O5S/c1-27(2,3)23(24(30)28-22(25(31)32)21-13-8-14-35-21)29-26(33)34-15-20-18-11-6-4-9-16(18)17-10-5-7-12-19(17)20/h4-14,20,22-23H,15H2,1-3H3,(H,28,30)(H,29,33)(H,31,32). The highest BCUT2D eigenvalue weighted by atomic mass is 32.1. The first kappa shape index (κ1) is 24.5. The van der Waals surface area contributed by atoms with Gasteiger partial charge in [0.05, 0.1) is 0 Å². The van der Waals surface area contributed by atoms with Crippen molar-refractivity contribution in [2.75, 3.05) is 6.61 Å². The molecule has 0 saturated heterocycles. The summed E-state index contributed by atoms with van der Waals surface area (Å²) < 4.78 is 5.60. The molecule has 1 aliphatic rings. The second-order valence-electron chi connectivity index (χ2n) is 9.56. The van der Waals surface area contributed by atoms with Crippen LogP contribution in [0, 0.1) is 5.41 Å². The van der Waals surface area contributed by atoms with Gasteiger partial charge in [0.25, 0.3) is 0 Å². The predicted octanol–water partition coefficient (Wildman–Crippen LogP) is 4.94. The average molecular weight is 493 g/mol. The number of nitrogens with one attached hydrogen (secondary N) is 2. The lowest BCUT2D eigenvalue weighted by Crippen LogP contribution is -2.55. The largest absolute Gasteiger partial charge is 0.479 e. The Morgan fingerprint density at radius 1 is 0.943 bits per heavy atom. The van der Waals surface area contributed by atoms with Crippen molar-refractivity contribution < 1.29 is 24.2 Å². The summed E-state index contributed by atoms with van der Waals surface area (Å²) in [5, 5.41) is 16.6. The molecule has 8 heteroatoms. The maximum Gasteiger partial charge on any atom is 0.407 e. The fourth-order valence-electron chi connectivity index (χ4n) is 4.37. The third kappa shape index (κ3) is 5.22. The predicted molar refractivity (Wildman–Crippen MR) is 134 cm³/mol. The van der Waals surface area contributed by atoms with Crippen LogP contribution < -0.4 is 10.6 Å². The van der Waals surface area contributed by atoms with Gasteiger partial charge in [0.2, 0.25) is 5.91 Å². The molecule has 3 aromatic rings. The molecule has 1 heterocycles. The van der Waals surface area contributed by atoms with Gasteiger partial charge in [0.1, 0.15) is 12.6 Å². The minimum Gasteiger partial charge on any atom is -0.479 e. The summed E-state index contributed by atoms with van der Waals surface area (Å²) in [6.45, 7) is 5.50. The Bertz CT molecular complexity index is 1190. The van der Waals surface area contributed by atoms with Crippen LogP contribution in [0.1, 0.15) is 48.7 Å². The first-order chi connectivity index (χ1) is 16.7. The zero-order valence-electron chi connectivity index (χ0n) is 19.8. The minimum absolute atomic E-state index is 0.106. The maximum absolute atomic E-state index is 13.1. The van der Waals surface area contributed by atoms with E-state index in [9.17, 15) is 19.5 Å². The first-order valence-electron chi connectivity index (χ1n) is 11.3. The molecule has 0 radical (unpaired) electrons. The third-order valence-corrected chi connectivity index (χ3v) is 7.03. The summed E-state index contributed by atoms with van der Waals surface area (Å²) in [5.41, 5.74) is 3.74. The number of carboxylic acid groups (broad SMARTS) is 1. The molecule has 35 heavy (non-hydrogen) atoms. The number of benzene rings is 2. The Morgan fingerprint density at radius 2 is 1.54 bits per heavy atom. The fraction of sp³-hybridized carbons (Fsp3) is 0.296. The molecular formula is C27H28N2O5S. The summed E-state index contributed by atoms with van der Waals surface area (Å²) in [5.74, 6) is -1.87. The fourth-order valence-corrected chi connectivity index (χ4v) is 5.14. The van der Waals surface area contributed by atoms with Gasteiger partial charge in [-0.2, -0.15) is 0 Å². The smallest absolute Gasteiger partial charge is 0.407 e. The number of hydrogen-bond acceptors (Lipinski definition) is 5. The number of ether oxygens (including phenoxy) is 1. The molecule has 1 aliphatic carbocycles. The summed E-state index contributed by atoms with van der Waals surface area (Å²) in [6, 6.07) is 17.2. The van der Waals surface area contributed by atoms with Crippen molar-refractivity contribution in [3.8, 4) is 11.1 Å². The molecule has 7 nitrogen and oxygen atoms in total. The lowest BCUT2D eigenvalue weighted by atomic mass is 9.86. The van der Waals surface area contributed by atoms with Crippen LogP contribution in [0.2, 0.25) is 0 Å². The van der Waals surface area contributed by atoms with Gasteiger partial charge in [-0.1, -0.05) is 75.4 Å². The normalized spacial score (nSPS) is 14.4. The van der Waals surface area contributed by atoms with Crippen LogP contribution in [0.15, 0.2) is 66.0 Å². The number of alkyl carbamates (subject to hydrolysis) is 1. The number of carbonyl (C=O) groups excluding carboxylic acids is 2. The Morgan fingerprint density at radius 3 is 2.06 bits per heavy atom. The van der Waals surface area contributed by atoms with Crippen molar-refractivity contribution in [1.82, 2.24) is 10.6 Å². The van der Waals surface area contributed by atoms with Crippen LogP contribution in [0.5, 0.6) is 0 Å².